The molecular weight excluding hydrogens is 126 g/mol. The summed E-state index contributed by atoms with van der Waals surface area (Å²) in [6, 6.07) is 0. The molecule has 2 N–H and O–H groups in total. The number of nitrogens with one attached hydrogen (secondary N) is 1. The van der Waals surface area contributed by atoms with Gasteiger partial charge in [-0.05, 0) is 11.6 Å². The quantitative estimate of drug-likeness (QED) is 0.518. The van der Waals surface area contributed by atoms with Gasteiger partial charge in [-0.25, -0.2) is 0 Å². The molecule has 0 fully saturated rings. The fourth-order valence-corrected chi connectivity index (χ4v) is 0.746. The van der Waals surface area contributed by atoms with Crippen molar-refractivity contribution in [3.8, 4) is 0 Å². The molecule has 0 unspecified atom stereocenters. The smallest absolute Gasteiger partial charge is 0.0909 e. The summed E-state index contributed by atoms with van der Waals surface area (Å²) in [5, 5.41) is 15.7. The standard InChI is InChI=1S/C8H9NO/c9-6-5-7-1-3-8(10)4-2-7/h1-6,8-10H. The highest BCUT2D eigenvalue weighted by Gasteiger charge is 1.97. The zero-order valence-electron chi connectivity index (χ0n) is 5.49. The van der Waals surface area contributed by atoms with Gasteiger partial charge in [0.2, 0.25) is 0 Å². The van der Waals surface area contributed by atoms with Crippen molar-refractivity contribution in [2.75, 3.05) is 0 Å². The third kappa shape index (κ3) is 1.67. The van der Waals surface area contributed by atoms with E-state index in [2.05, 4.69) is 0 Å². The van der Waals surface area contributed by atoms with Gasteiger partial charge in [0.05, 0.1) is 6.10 Å². The Hall–Kier alpha value is -1.15. The zero-order chi connectivity index (χ0) is 7.40. The first-order valence-electron chi connectivity index (χ1n) is 3.08. The van der Waals surface area contributed by atoms with Crippen molar-refractivity contribution >= 4 is 6.21 Å². The fraction of sp³-hybridized carbons (Fsp3) is 0.125. The minimum Gasteiger partial charge on any atom is -0.385 e. The van der Waals surface area contributed by atoms with Crippen molar-refractivity contribution in [1.82, 2.24) is 0 Å². The van der Waals surface area contributed by atoms with Crippen molar-refractivity contribution in [3.05, 3.63) is 36.0 Å². The van der Waals surface area contributed by atoms with Crippen LogP contribution in [0.15, 0.2) is 36.0 Å². The number of allylic oxidation sites excluding steroid dienone is 4. The molecule has 1 aliphatic carbocycles. The highest BCUT2D eigenvalue weighted by atomic mass is 16.3. The SMILES string of the molecule is N=CC=C1C=CC(O)C=C1. The second-order valence-electron chi connectivity index (χ2n) is 2.04. The summed E-state index contributed by atoms with van der Waals surface area (Å²) in [4.78, 5) is 0. The van der Waals surface area contributed by atoms with Crippen LogP contribution in [0.1, 0.15) is 0 Å². The summed E-state index contributed by atoms with van der Waals surface area (Å²) < 4.78 is 0. The van der Waals surface area contributed by atoms with Crippen LogP contribution in [0.3, 0.4) is 0 Å². The van der Waals surface area contributed by atoms with E-state index in [4.69, 9.17) is 10.5 Å². The van der Waals surface area contributed by atoms with Crippen molar-refractivity contribution in [2.24, 2.45) is 0 Å². The van der Waals surface area contributed by atoms with Crippen LogP contribution < -0.4 is 0 Å². The lowest BCUT2D eigenvalue weighted by molar-refractivity contribution is 0.270. The van der Waals surface area contributed by atoms with Crippen LogP contribution in [0, 0.1) is 5.41 Å². The molecule has 0 spiro atoms. The van der Waals surface area contributed by atoms with Crippen LogP contribution >= 0.6 is 0 Å². The highest BCUT2D eigenvalue weighted by molar-refractivity contribution is 5.71. The summed E-state index contributed by atoms with van der Waals surface area (Å²) in [7, 11) is 0. The molecule has 2 nitrogen and oxygen atoms in total. The highest BCUT2D eigenvalue weighted by Crippen LogP contribution is 2.06. The number of hydrogen-bond donors (Lipinski definition) is 2. The first kappa shape index (κ1) is 6.96. The van der Waals surface area contributed by atoms with E-state index >= 15 is 0 Å². The molecule has 10 heavy (non-hydrogen) atoms. The Bertz CT molecular complexity index is 197. The first-order valence-corrected chi connectivity index (χ1v) is 3.08. The largest absolute Gasteiger partial charge is 0.385 e. The van der Waals surface area contributed by atoms with E-state index in [1.165, 1.54) is 6.21 Å². The molecule has 0 aliphatic heterocycles. The van der Waals surface area contributed by atoms with Gasteiger partial charge in [-0.15, -0.1) is 0 Å². The van der Waals surface area contributed by atoms with E-state index < -0.39 is 6.10 Å². The van der Waals surface area contributed by atoms with Gasteiger partial charge in [0.15, 0.2) is 0 Å². The first-order chi connectivity index (χ1) is 4.83. The van der Waals surface area contributed by atoms with Crippen molar-refractivity contribution in [1.29, 1.82) is 5.41 Å². The molecular formula is C8H9NO. The summed E-state index contributed by atoms with van der Waals surface area (Å²) in [6.45, 7) is 0. The van der Waals surface area contributed by atoms with Crippen molar-refractivity contribution in [2.45, 2.75) is 6.10 Å². The fourth-order valence-electron chi connectivity index (χ4n) is 0.746. The zero-order valence-corrected chi connectivity index (χ0v) is 5.49. The Morgan fingerprint density at radius 3 is 2.50 bits per heavy atom. The van der Waals surface area contributed by atoms with E-state index in [1.807, 2.05) is 0 Å². The predicted octanol–water partition coefficient (Wildman–Crippen LogP) is 1.05. The van der Waals surface area contributed by atoms with Gasteiger partial charge in [-0.3, -0.25) is 0 Å². The van der Waals surface area contributed by atoms with Gasteiger partial charge >= 0.3 is 0 Å². The number of aliphatic hydroxyl groups excluding tert-OH is 1. The molecule has 0 atom stereocenters. The molecule has 0 aromatic carbocycles. The summed E-state index contributed by atoms with van der Waals surface area (Å²) >= 11 is 0. The maximum Gasteiger partial charge on any atom is 0.0909 e. The molecule has 0 saturated heterocycles. The van der Waals surface area contributed by atoms with E-state index in [-0.39, 0.29) is 0 Å². The Morgan fingerprint density at radius 2 is 2.00 bits per heavy atom. The number of aliphatic hydroxyl groups is 1. The lowest BCUT2D eigenvalue weighted by Gasteiger charge is -2.03. The van der Waals surface area contributed by atoms with E-state index in [9.17, 15) is 0 Å². The number of hydrogen-bond acceptors (Lipinski definition) is 2. The monoisotopic (exact) mass is 135 g/mol. The Morgan fingerprint density at radius 1 is 1.40 bits per heavy atom. The second kappa shape index (κ2) is 3.13. The summed E-state index contributed by atoms with van der Waals surface area (Å²) in [6.07, 6.45) is 9.36. The predicted molar refractivity (Wildman–Crippen MR) is 41.2 cm³/mol. The Balaban J connectivity index is 2.70. The summed E-state index contributed by atoms with van der Waals surface area (Å²) in [5.74, 6) is 0. The molecule has 1 aliphatic rings. The molecule has 52 valence electrons. The van der Waals surface area contributed by atoms with Crippen LogP contribution in [-0.2, 0) is 0 Å². The average Bonchev–Trinajstić information content (AvgIpc) is 1.95. The summed E-state index contributed by atoms with van der Waals surface area (Å²) in [5.41, 5.74) is 0.945. The van der Waals surface area contributed by atoms with Crippen LogP contribution in [0.2, 0.25) is 0 Å². The molecule has 0 heterocycles. The molecule has 0 radical (unpaired) electrons. The minimum atomic E-state index is -0.456. The molecule has 0 aromatic heterocycles. The molecule has 1 rings (SSSR count). The molecule has 0 saturated carbocycles. The maximum absolute atomic E-state index is 8.94. The van der Waals surface area contributed by atoms with Crippen molar-refractivity contribution in [3.63, 3.8) is 0 Å². The molecule has 0 aromatic rings. The molecule has 0 amide bonds. The van der Waals surface area contributed by atoms with Gasteiger partial charge in [-0.2, -0.15) is 0 Å². The van der Waals surface area contributed by atoms with E-state index in [0.717, 1.165) is 5.57 Å². The topological polar surface area (TPSA) is 44.1 Å². The second-order valence-corrected chi connectivity index (χ2v) is 2.04. The van der Waals surface area contributed by atoms with Gasteiger partial charge in [0.1, 0.15) is 0 Å². The van der Waals surface area contributed by atoms with Crippen LogP contribution in [-0.4, -0.2) is 17.4 Å². The van der Waals surface area contributed by atoms with Gasteiger partial charge in [0.25, 0.3) is 0 Å². The van der Waals surface area contributed by atoms with Crippen molar-refractivity contribution < 1.29 is 5.11 Å². The number of rotatable bonds is 1. The van der Waals surface area contributed by atoms with Gasteiger partial charge < -0.3 is 10.5 Å². The van der Waals surface area contributed by atoms with E-state index in [1.54, 1.807) is 30.4 Å². The Kier molecular flexibility index (Phi) is 2.18. The maximum atomic E-state index is 8.94. The van der Waals surface area contributed by atoms with Gasteiger partial charge in [-0.1, -0.05) is 24.3 Å². The lowest BCUT2D eigenvalue weighted by atomic mass is 10.1. The van der Waals surface area contributed by atoms with Gasteiger partial charge in [0, 0.05) is 6.21 Å². The third-order valence-electron chi connectivity index (χ3n) is 1.25. The normalized spacial score (nSPS) is 22.9. The van der Waals surface area contributed by atoms with Crippen LogP contribution in [0.4, 0.5) is 0 Å². The molecule has 0 bridgehead atoms. The third-order valence-corrected chi connectivity index (χ3v) is 1.25. The average molecular weight is 135 g/mol. The lowest BCUT2D eigenvalue weighted by Crippen LogP contribution is -1.99. The van der Waals surface area contributed by atoms with Crippen LogP contribution in [0.25, 0.3) is 0 Å². The minimum absolute atomic E-state index is 0.456. The van der Waals surface area contributed by atoms with Crippen LogP contribution in [0.5, 0.6) is 0 Å². The van der Waals surface area contributed by atoms with E-state index in [0.29, 0.717) is 0 Å². The Labute approximate surface area is 59.7 Å². The molecule has 2 heteroatoms.